The van der Waals surface area contributed by atoms with E-state index < -0.39 is 0 Å². The molecule has 0 amide bonds. The number of unbranched alkanes of at least 4 members (excludes halogenated alkanes) is 1. The zero-order chi connectivity index (χ0) is 13.6. The van der Waals surface area contributed by atoms with Crippen LogP contribution in [0.15, 0.2) is 22.7 Å². The maximum absolute atomic E-state index is 13.5. The summed E-state index contributed by atoms with van der Waals surface area (Å²) in [5.74, 6) is -0.226. The van der Waals surface area contributed by atoms with Gasteiger partial charge in [-0.1, -0.05) is 15.9 Å². The third-order valence-corrected chi connectivity index (χ3v) is 3.35. The summed E-state index contributed by atoms with van der Waals surface area (Å²) in [6.45, 7) is 5.05. The first-order valence-corrected chi connectivity index (χ1v) is 7.02. The van der Waals surface area contributed by atoms with E-state index in [-0.39, 0.29) is 11.4 Å². The molecule has 1 aromatic rings. The third kappa shape index (κ3) is 5.46. The Hall–Kier alpha value is -0.450. The predicted octanol–water partition coefficient (Wildman–Crippen LogP) is 4.01. The van der Waals surface area contributed by atoms with Gasteiger partial charge in [-0.3, -0.25) is 0 Å². The highest BCUT2D eigenvalue weighted by atomic mass is 79.9. The quantitative estimate of drug-likeness (QED) is 0.771. The van der Waals surface area contributed by atoms with Crippen molar-refractivity contribution in [1.29, 1.82) is 0 Å². The highest BCUT2D eigenvalue weighted by Crippen LogP contribution is 2.22. The summed E-state index contributed by atoms with van der Waals surface area (Å²) < 4.78 is 20.2. The third-order valence-electron chi connectivity index (χ3n) is 2.86. The number of halogens is 2. The van der Waals surface area contributed by atoms with Crippen molar-refractivity contribution in [2.75, 3.05) is 6.54 Å². The van der Waals surface area contributed by atoms with E-state index in [0.717, 1.165) is 23.7 Å². The Bertz CT molecular complexity index is 382. The standard InChI is InChI=1S/C14H21BrFNO/c1-14(2,7-3-4-8-17)18-10-11-9-12(15)5-6-13(11)16/h5-6,9H,3-4,7-8,10,17H2,1-2H3. The van der Waals surface area contributed by atoms with Gasteiger partial charge in [0.25, 0.3) is 0 Å². The first-order valence-electron chi connectivity index (χ1n) is 6.22. The number of hydrogen-bond donors (Lipinski definition) is 1. The molecule has 0 spiro atoms. The molecule has 1 aromatic carbocycles. The van der Waals surface area contributed by atoms with E-state index in [1.165, 1.54) is 6.07 Å². The average Bonchev–Trinajstić information content (AvgIpc) is 2.31. The molecule has 18 heavy (non-hydrogen) atoms. The maximum atomic E-state index is 13.5. The van der Waals surface area contributed by atoms with E-state index in [2.05, 4.69) is 15.9 Å². The Morgan fingerprint density at radius 2 is 2.06 bits per heavy atom. The minimum atomic E-state index is -0.246. The van der Waals surface area contributed by atoms with E-state index in [0.29, 0.717) is 18.7 Å². The monoisotopic (exact) mass is 317 g/mol. The molecule has 2 N–H and O–H groups in total. The second-order valence-corrected chi connectivity index (χ2v) is 5.95. The number of hydrogen-bond acceptors (Lipinski definition) is 2. The number of rotatable bonds is 7. The molecule has 102 valence electrons. The minimum absolute atomic E-state index is 0.226. The Kier molecular flexibility index (Phi) is 6.26. The van der Waals surface area contributed by atoms with Crippen molar-refractivity contribution in [2.24, 2.45) is 5.73 Å². The van der Waals surface area contributed by atoms with Crippen molar-refractivity contribution >= 4 is 15.9 Å². The lowest BCUT2D eigenvalue weighted by Crippen LogP contribution is -2.24. The SMILES string of the molecule is CC(C)(CCCCN)OCc1cc(Br)ccc1F. The van der Waals surface area contributed by atoms with Crippen LogP contribution in [-0.2, 0) is 11.3 Å². The van der Waals surface area contributed by atoms with Crippen LogP contribution in [0, 0.1) is 5.82 Å². The van der Waals surface area contributed by atoms with Gasteiger partial charge >= 0.3 is 0 Å². The minimum Gasteiger partial charge on any atom is -0.371 e. The van der Waals surface area contributed by atoms with Gasteiger partial charge in [0.2, 0.25) is 0 Å². The molecule has 0 unspecified atom stereocenters. The van der Waals surface area contributed by atoms with Gasteiger partial charge in [-0.25, -0.2) is 4.39 Å². The van der Waals surface area contributed by atoms with Gasteiger partial charge in [-0.15, -0.1) is 0 Å². The van der Waals surface area contributed by atoms with E-state index in [4.69, 9.17) is 10.5 Å². The molecule has 0 aliphatic heterocycles. The molecule has 0 saturated carbocycles. The molecule has 0 bridgehead atoms. The van der Waals surface area contributed by atoms with Crippen molar-refractivity contribution < 1.29 is 9.13 Å². The Morgan fingerprint density at radius 3 is 2.72 bits per heavy atom. The van der Waals surface area contributed by atoms with Crippen LogP contribution in [0.5, 0.6) is 0 Å². The van der Waals surface area contributed by atoms with Gasteiger partial charge in [-0.05, 0) is 57.9 Å². The summed E-state index contributed by atoms with van der Waals surface area (Å²) in [5, 5.41) is 0. The molecular formula is C14H21BrFNO. The number of benzene rings is 1. The number of nitrogens with two attached hydrogens (primary N) is 1. The molecule has 2 nitrogen and oxygen atoms in total. The summed E-state index contributed by atoms with van der Waals surface area (Å²) in [4.78, 5) is 0. The molecule has 0 atom stereocenters. The molecule has 1 rings (SSSR count). The van der Waals surface area contributed by atoms with Crippen molar-refractivity contribution in [3.05, 3.63) is 34.1 Å². The van der Waals surface area contributed by atoms with Crippen molar-refractivity contribution in [2.45, 2.75) is 45.3 Å². The van der Waals surface area contributed by atoms with Crippen LogP contribution in [0.4, 0.5) is 4.39 Å². The second-order valence-electron chi connectivity index (χ2n) is 5.03. The van der Waals surface area contributed by atoms with E-state index >= 15 is 0 Å². The summed E-state index contributed by atoms with van der Waals surface area (Å²) in [6.07, 6.45) is 2.96. The highest BCUT2D eigenvalue weighted by molar-refractivity contribution is 9.10. The second kappa shape index (κ2) is 7.22. The molecule has 0 radical (unpaired) electrons. The largest absolute Gasteiger partial charge is 0.371 e. The zero-order valence-corrected chi connectivity index (χ0v) is 12.6. The van der Waals surface area contributed by atoms with Gasteiger partial charge in [-0.2, -0.15) is 0 Å². The first-order chi connectivity index (χ1) is 8.44. The molecule has 4 heteroatoms. The van der Waals surface area contributed by atoms with Crippen LogP contribution < -0.4 is 5.73 Å². The first kappa shape index (κ1) is 15.6. The lowest BCUT2D eigenvalue weighted by molar-refractivity contribution is -0.0373. The van der Waals surface area contributed by atoms with Gasteiger partial charge in [0.1, 0.15) is 5.82 Å². The highest BCUT2D eigenvalue weighted by Gasteiger charge is 2.18. The molecule has 0 aliphatic carbocycles. The molecule has 0 fully saturated rings. The molecule has 0 aromatic heterocycles. The van der Waals surface area contributed by atoms with Crippen molar-refractivity contribution in [1.82, 2.24) is 0 Å². The average molecular weight is 318 g/mol. The molecule has 0 heterocycles. The van der Waals surface area contributed by atoms with Crippen LogP contribution in [-0.4, -0.2) is 12.1 Å². The van der Waals surface area contributed by atoms with Crippen molar-refractivity contribution in [3.8, 4) is 0 Å². The fraction of sp³-hybridized carbons (Fsp3) is 0.571. The summed E-state index contributed by atoms with van der Waals surface area (Å²) in [7, 11) is 0. The number of ether oxygens (including phenoxy) is 1. The Morgan fingerprint density at radius 1 is 1.33 bits per heavy atom. The van der Waals surface area contributed by atoms with E-state index in [1.807, 2.05) is 13.8 Å². The Labute approximate surface area is 117 Å². The van der Waals surface area contributed by atoms with E-state index in [1.54, 1.807) is 12.1 Å². The smallest absolute Gasteiger partial charge is 0.128 e. The van der Waals surface area contributed by atoms with Gasteiger partial charge in [0, 0.05) is 10.0 Å². The summed E-state index contributed by atoms with van der Waals surface area (Å²) in [6, 6.07) is 4.89. The van der Waals surface area contributed by atoms with Crippen LogP contribution in [0.3, 0.4) is 0 Å². The van der Waals surface area contributed by atoms with Crippen molar-refractivity contribution in [3.63, 3.8) is 0 Å². The van der Waals surface area contributed by atoms with Crippen LogP contribution >= 0.6 is 15.9 Å². The zero-order valence-electron chi connectivity index (χ0n) is 11.0. The normalized spacial score (nSPS) is 11.8. The van der Waals surface area contributed by atoms with Crippen LogP contribution in [0.25, 0.3) is 0 Å². The van der Waals surface area contributed by atoms with Gasteiger partial charge in [0.15, 0.2) is 0 Å². The predicted molar refractivity (Wildman–Crippen MR) is 75.9 cm³/mol. The van der Waals surface area contributed by atoms with E-state index in [9.17, 15) is 4.39 Å². The van der Waals surface area contributed by atoms with Crippen LogP contribution in [0.2, 0.25) is 0 Å². The molecular weight excluding hydrogens is 297 g/mol. The van der Waals surface area contributed by atoms with Gasteiger partial charge < -0.3 is 10.5 Å². The Balaban J connectivity index is 2.50. The lowest BCUT2D eigenvalue weighted by Gasteiger charge is -2.25. The maximum Gasteiger partial charge on any atom is 0.128 e. The topological polar surface area (TPSA) is 35.2 Å². The fourth-order valence-corrected chi connectivity index (χ4v) is 2.10. The fourth-order valence-electron chi connectivity index (χ4n) is 1.69. The van der Waals surface area contributed by atoms with Gasteiger partial charge in [0.05, 0.1) is 12.2 Å². The van der Waals surface area contributed by atoms with Crippen LogP contribution in [0.1, 0.15) is 38.7 Å². The summed E-state index contributed by atoms with van der Waals surface area (Å²) in [5.41, 5.74) is 5.80. The molecule has 0 aliphatic rings. The molecule has 0 saturated heterocycles. The summed E-state index contributed by atoms with van der Waals surface area (Å²) >= 11 is 3.33. The lowest BCUT2D eigenvalue weighted by atomic mass is 10.0.